The second-order valence-corrected chi connectivity index (χ2v) is 7.10. The Morgan fingerprint density at radius 3 is 2.56 bits per heavy atom. The average Bonchev–Trinajstić information content (AvgIpc) is 2.65. The van der Waals surface area contributed by atoms with Gasteiger partial charge in [-0.15, -0.1) is 0 Å². The monoisotopic (exact) mass is 342 g/mol. The van der Waals surface area contributed by atoms with Crippen LogP contribution in [0.5, 0.6) is 0 Å². The van der Waals surface area contributed by atoms with Gasteiger partial charge in [-0.3, -0.25) is 14.4 Å². The van der Waals surface area contributed by atoms with E-state index in [-0.39, 0.29) is 17.9 Å². The molecule has 2 amide bonds. The van der Waals surface area contributed by atoms with E-state index in [0.717, 1.165) is 37.7 Å². The molecule has 0 radical (unpaired) electrons. The van der Waals surface area contributed by atoms with Gasteiger partial charge in [0.1, 0.15) is 0 Å². The number of carbonyl (C=O) groups excluding carboxylic acids is 3. The maximum absolute atomic E-state index is 12.5. The van der Waals surface area contributed by atoms with Gasteiger partial charge in [-0.25, -0.2) is 0 Å². The van der Waals surface area contributed by atoms with Crippen molar-refractivity contribution in [3.63, 3.8) is 0 Å². The number of carbonyl (C=O) groups is 3. The summed E-state index contributed by atoms with van der Waals surface area (Å²) in [6, 6.07) is 7.71. The number of benzene rings is 1. The first-order chi connectivity index (χ1) is 12.1. The third kappa shape index (κ3) is 3.91. The molecule has 1 aliphatic carbocycles. The standard InChI is InChI=1S/C20H26N2O3/c1-14(23)20(25)22-12-11-15-7-5-6-10-17(15)18(22)13-21-19(24)16-8-3-2-4-9-16/h5-7,10,16,18H,2-4,8-9,11-13H2,1H3,(H,21,24). The quantitative estimate of drug-likeness (QED) is 0.855. The molecule has 0 spiro atoms. The molecule has 2 aliphatic rings. The van der Waals surface area contributed by atoms with Crippen LogP contribution in [-0.4, -0.2) is 35.6 Å². The largest absolute Gasteiger partial charge is 0.353 e. The van der Waals surface area contributed by atoms with Crippen molar-refractivity contribution in [3.05, 3.63) is 35.4 Å². The Hall–Kier alpha value is -2.17. The number of Topliss-reactive ketones (excluding diaryl/α,β-unsaturated/α-hetero) is 1. The van der Waals surface area contributed by atoms with E-state index in [9.17, 15) is 14.4 Å². The Morgan fingerprint density at radius 1 is 1.12 bits per heavy atom. The van der Waals surface area contributed by atoms with E-state index < -0.39 is 11.7 Å². The Morgan fingerprint density at radius 2 is 1.84 bits per heavy atom. The van der Waals surface area contributed by atoms with Gasteiger partial charge in [-0.1, -0.05) is 43.5 Å². The van der Waals surface area contributed by atoms with Crippen LogP contribution in [0.2, 0.25) is 0 Å². The summed E-state index contributed by atoms with van der Waals surface area (Å²) in [5.41, 5.74) is 2.22. The van der Waals surface area contributed by atoms with Crippen molar-refractivity contribution in [2.75, 3.05) is 13.1 Å². The molecule has 0 saturated heterocycles. The molecule has 5 heteroatoms. The number of rotatable bonds is 4. The first-order valence-corrected chi connectivity index (χ1v) is 9.25. The predicted molar refractivity (Wildman–Crippen MR) is 94.9 cm³/mol. The molecule has 0 bridgehead atoms. The third-order valence-electron chi connectivity index (χ3n) is 5.42. The average molecular weight is 342 g/mol. The van der Waals surface area contributed by atoms with E-state index in [1.54, 1.807) is 4.90 Å². The Labute approximate surface area is 148 Å². The molecule has 1 heterocycles. The highest BCUT2D eigenvalue weighted by molar-refractivity contribution is 6.35. The first-order valence-electron chi connectivity index (χ1n) is 9.25. The minimum Gasteiger partial charge on any atom is -0.353 e. The van der Waals surface area contributed by atoms with E-state index in [1.807, 2.05) is 18.2 Å². The summed E-state index contributed by atoms with van der Waals surface area (Å²) in [6.07, 6.45) is 6.06. The molecule has 1 aromatic carbocycles. The van der Waals surface area contributed by atoms with Gasteiger partial charge in [0.05, 0.1) is 6.04 Å². The SMILES string of the molecule is CC(=O)C(=O)N1CCc2ccccc2C1CNC(=O)C1CCCCC1. The van der Waals surface area contributed by atoms with Crippen molar-refractivity contribution in [2.45, 2.75) is 51.5 Å². The van der Waals surface area contributed by atoms with Gasteiger partial charge in [0, 0.05) is 25.9 Å². The fourth-order valence-corrected chi connectivity index (χ4v) is 4.02. The zero-order valence-corrected chi connectivity index (χ0v) is 14.8. The van der Waals surface area contributed by atoms with Crippen LogP contribution < -0.4 is 5.32 Å². The fraction of sp³-hybridized carbons (Fsp3) is 0.550. The van der Waals surface area contributed by atoms with Crippen LogP contribution in [-0.2, 0) is 20.8 Å². The molecule has 1 fully saturated rings. The van der Waals surface area contributed by atoms with Crippen LogP contribution in [0.1, 0.15) is 56.2 Å². The second kappa shape index (κ2) is 7.81. The lowest BCUT2D eigenvalue weighted by Gasteiger charge is -2.37. The molecule has 134 valence electrons. The molecular formula is C20H26N2O3. The molecular weight excluding hydrogens is 316 g/mol. The van der Waals surface area contributed by atoms with Crippen molar-refractivity contribution < 1.29 is 14.4 Å². The molecule has 1 aromatic rings. The fourth-order valence-electron chi connectivity index (χ4n) is 4.02. The van der Waals surface area contributed by atoms with Crippen molar-refractivity contribution in [1.82, 2.24) is 10.2 Å². The lowest BCUT2D eigenvalue weighted by Crippen LogP contribution is -2.47. The zero-order valence-electron chi connectivity index (χ0n) is 14.8. The highest BCUT2D eigenvalue weighted by Gasteiger charge is 2.33. The Balaban J connectivity index is 1.75. The third-order valence-corrected chi connectivity index (χ3v) is 5.42. The summed E-state index contributed by atoms with van der Waals surface area (Å²) < 4.78 is 0. The maximum Gasteiger partial charge on any atom is 0.290 e. The van der Waals surface area contributed by atoms with E-state index in [0.29, 0.717) is 13.1 Å². The molecule has 1 N–H and O–H groups in total. The zero-order chi connectivity index (χ0) is 17.8. The number of nitrogens with one attached hydrogen (secondary N) is 1. The maximum atomic E-state index is 12.5. The highest BCUT2D eigenvalue weighted by Crippen LogP contribution is 2.30. The van der Waals surface area contributed by atoms with Crippen molar-refractivity contribution in [1.29, 1.82) is 0 Å². The molecule has 25 heavy (non-hydrogen) atoms. The van der Waals surface area contributed by atoms with Crippen LogP contribution in [0.25, 0.3) is 0 Å². The van der Waals surface area contributed by atoms with E-state index in [2.05, 4.69) is 11.4 Å². The van der Waals surface area contributed by atoms with Gasteiger partial charge in [-0.05, 0) is 30.4 Å². The lowest BCUT2D eigenvalue weighted by atomic mass is 9.88. The van der Waals surface area contributed by atoms with Crippen LogP contribution in [0, 0.1) is 5.92 Å². The topological polar surface area (TPSA) is 66.5 Å². The molecule has 0 aromatic heterocycles. The summed E-state index contributed by atoms with van der Waals surface area (Å²) in [7, 11) is 0. The molecule has 5 nitrogen and oxygen atoms in total. The van der Waals surface area contributed by atoms with Gasteiger partial charge < -0.3 is 10.2 Å². The predicted octanol–water partition coefficient (Wildman–Crippen LogP) is 2.40. The smallest absolute Gasteiger partial charge is 0.290 e. The molecule has 1 atom stereocenters. The molecule has 1 aliphatic heterocycles. The Bertz CT molecular complexity index is 665. The van der Waals surface area contributed by atoms with Crippen molar-refractivity contribution in [3.8, 4) is 0 Å². The lowest BCUT2D eigenvalue weighted by molar-refractivity contribution is -0.145. The molecule has 3 rings (SSSR count). The number of fused-ring (bicyclic) bond motifs is 1. The van der Waals surface area contributed by atoms with Crippen LogP contribution >= 0.6 is 0 Å². The van der Waals surface area contributed by atoms with Crippen LogP contribution in [0.3, 0.4) is 0 Å². The van der Waals surface area contributed by atoms with Gasteiger partial charge in [-0.2, -0.15) is 0 Å². The summed E-state index contributed by atoms with van der Waals surface area (Å²) >= 11 is 0. The normalized spacial score (nSPS) is 20.7. The molecule has 1 unspecified atom stereocenters. The summed E-state index contributed by atoms with van der Waals surface area (Å²) in [5, 5.41) is 3.04. The van der Waals surface area contributed by atoms with E-state index in [1.165, 1.54) is 18.9 Å². The number of nitrogens with zero attached hydrogens (tertiary/aromatic N) is 1. The number of amides is 2. The number of ketones is 1. The van der Waals surface area contributed by atoms with Crippen molar-refractivity contribution >= 4 is 17.6 Å². The minimum atomic E-state index is -0.466. The number of hydrogen-bond acceptors (Lipinski definition) is 3. The highest BCUT2D eigenvalue weighted by atomic mass is 16.2. The number of hydrogen-bond donors (Lipinski definition) is 1. The minimum absolute atomic E-state index is 0.0815. The summed E-state index contributed by atoms with van der Waals surface area (Å²) in [4.78, 5) is 38.0. The molecule has 1 saturated carbocycles. The van der Waals surface area contributed by atoms with Gasteiger partial charge in [0.25, 0.3) is 5.91 Å². The van der Waals surface area contributed by atoms with E-state index >= 15 is 0 Å². The van der Waals surface area contributed by atoms with Crippen molar-refractivity contribution in [2.24, 2.45) is 5.92 Å². The van der Waals surface area contributed by atoms with Gasteiger partial charge in [0.2, 0.25) is 11.7 Å². The van der Waals surface area contributed by atoms with Gasteiger partial charge in [0.15, 0.2) is 0 Å². The van der Waals surface area contributed by atoms with Crippen LogP contribution in [0.4, 0.5) is 0 Å². The van der Waals surface area contributed by atoms with Gasteiger partial charge >= 0.3 is 0 Å². The van der Waals surface area contributed by atoms with E-state index in [4.69, 9.17) is 0 Å². The summed E-state index contributed by atoms with van der Waals surface area (Å²) in [5.74, 6) is -0.753. The van der Waals surface area contributed by atoms with Crippen LogP contribution in [0.15, 0.2) is 24.3 Å². The Kier molecular flexibility index (Phi) is 5.51. The first kappa shape index (κ1) is 17.6. The second-order valence-electron chi connectivity index (χ2n) is 7.10. The summed E-state index contributed by atoms with van der Waals surface area (Å²) in [6.45, 7) is 2.19.